The smallest absolute Gasteiger partial charge is 0.0434 e. The highest BCUT2D eigenvalue weighted by Crippen LogP contribution is 2.29. The van der Waals surface area contributed by atoms with Crippen LogP contribution in [0, 0.1) is 6.92 Å². The summed E-state index contributed by atoms with van der Waals surface area (Å²) in [6.07, 6.45) is 5.13. The number of rotatable bonds is 5. The maximum Gasteiger partial charge on any atom is 0.0434 e. The van der Waals surface area contributed by atoms with Crippen LogP contribution in [0.1, 0.15) is 29.5 Å². The van der Waals surface area contributed by atoms with Crippen LogP contribution in [0.4, 0.5) is 5.69 Å². The minimum atomic E-state index is 0.251. The van der Waals surface area contributed by atoms with Crippen LogP contribution in [-0.4, -0.2) is 24.8 Å². The zero-order valence-corrected chi connectivity index (χ0v) is 14.9. The largest absolute Gasteiger partial charge is 0.396 e. The quantitative estimate of drug-likeness (QED) is 0.838. The maximum atomic E-state index is 9.06. The van der Waals surface area contributed by atoms with E-state index in [1.165, 1.54) is 28.0 Å². The van der Waals surface area contributed by atoms with Gasteiger partial charge in [-0.05, 0) is 66.6 Å². The number of nitrogens with zero attached hydrogens (tertiary/aromatic N) is 1. The van der Waals surface area contributed by atoms with Gasteiger partial charge >= 0.3 is 0 Å². The third-order valence-corrected chi connectivity index (χ3v) is 5.04. The van der Waals surface area contributed by atoms with Crippen LogP contribution < -0.4 is 4.90 Å². The molecule has 1 heterocycles. The first-order valence-corrected chi connectivity index (χ1v) is 8.96. The van der Waals surface area contributed by atoms with Gasteiger partial charge in [-0.15, -0.1) is 0 Å². The molecule has 0 saturated heterocycles. The number of aliphatic hydroxyl groups excluding tert-OH is 1. The highest BCUT2D eigenvalue weighted by molar-refractivity contribution is 6.30. The standard InChI is InChI=1S/C21H24ClNO/c1-16-17(5-3-15-24)4-2-6-21(16)23-13-11-19(12-14-23)18-7-9-20(22)10-8-18/h2,4,6-11,24H,3,5,12-15H2,1H3. The molecule has 126 valence electrons. The first-order valence-electron chi connectivity index (χ1n) is 8.58. The lowest BCUT2D eigenvalue weighted by Gasteiger charge is -2.30. The van der Waals surface area contributed by atoms with E-state index < -0.39 is 0 Å². The lowest BCUT2D eigenvalue weighted by atomic mass is 9.97. The van der Waals surface area contributed by atoms with Gasteiger partial charge in [-0.25, -0.2) is 0 Å². The summed E-state index contributed by atoms with van der Waals surface area (Å²) in [5.74, 6) is 0. The van der Waals surface area contributed by atoms with Crippen molar-refractivity contribution in [3.63, 3.8) is 0 Å². The van der Waals surface area contributed by atoms with Crippen molar-refractivity contribution in [1.82, 2.24) is 0 Å². The van der Waals surface area contributed by atoms with Crippen molar-refractivity contribution < 1.29 is 5.11 Å². The first kappa shape index (κ1) is 17.1. The second-order valence-corrected chi connectivity index (χ2v) is 6.76. The van der Waals surface area contributed by atoms with Gasteiger partial charge < -0.3 is 10.0 Å². The van der Waals surface area contributed by atoms with Crippen LogP contribution in [0.5, 0.6) is 0 Å². The zero-order valence-electron chi connectivity index (χ0n) is 14.1. The monoisotopic (exact) mass is 341 g/mol. The van der Waals surface area contributed by atoms with E-state index in [9.17, 15) is 0 Å². The summed E-state index contributed by atoms with van der Waals surface area (Å²) in [6, 6.07) is 14.6. The molecule has 0 aliphatic carbocycles. The van der Waals surface area contributed by atoms with Gasteiger partial charge in [0, 0.05) is 30.4 Å². The minimum absolute atomic E-state index is 0.251. The molecule has 0 aromatic heterocycles. The molecular weight excluding hydrogens is 318 g/mol. The third-order valence-electron chi connectivity index (χ3n) is 4.79. The van der Waals surface area contributed by atoms with Gasteiger partial charge in [0.2, 0.25) is 0 Å². The summed E-state index contributed by atoms with van der Waals surface area (Å²) in [5, 5.41) is 9.85. The number of hydrogen-bond acceptors (Lipinski definition) is 2. The molecule has 3 heteroatoms. The van der Waals surface area contributed by atoms with Gasteiger partial charge in [0.05, 0.1) is 0 Å². The van der Waals surface area contributed by atoms with Crippen molar-refractivity contribution >= 4 is 22.9 Å². The Morgan fingerprint density at radius 3 is 2.58 bits per heavy atom. The van der Waals surface area contributed by atoms with Gasteiger partial charge in [-0.2, -0.15) is 0 Å². The molecule has 0 unspecified atom stereocenters. The summed E-state index contributed by atoms with van der Waals surface area (Å²) in [4.78, 5) is 2.44. The van der Waals surface area contributed by atoms with E-state index in [0.717, 1.165) is 37.4 Å². The summed E-state index contributed by atoms with van der Waals surface area (Å²) >= 11 is 5.98. The normalized spacial score (nSPS) is 14.6. The van der Waals surface area contributed by atoms with Crippen LogP contribution in [0.3, 0.4) is 0 Å². The molecule has 0 radical (unpaired) electrons. The summed E-state index contributed by atoms with van der Waals surface area (Å²) < 4.78 is 0. The van der Waals surface area contributed by atoms with Gasteiger partial charge in [0.25, 0.3) is 0 Å². The molecule has 0 fully saturated rings. The lowest BCUT2D eigenvalue weighted by molar-refractivity contribution is 0.288. The molecule has 3 rings (SSSR count). The Balaban J connectivity index is 1.75. The Morgan fingerprint density at radius 2 is 1.92 bits per heavy atom. The lowest BCUT2D eigenvalue weighted by Crippen LogP contribution is -2.29. The first-order chi connectivity index (χ1) is 11.7. The molecule has 0 saturated carbocycles. The van der Waals surface area contributed by atoms with Gasteiger partial charge in [0.1, 0.15) is 0 Å². The fraction of sp³-hybridized carbons (Fsp3) is 0.333. The highest BCUT2D eigenvalue weighted by atomic mass is 35.5. The SMILES string of the molecule is Cc1c(CCCO)cccc1N1CC=C(c2ccc(Cl)cc2)CC1. The fourth-order valence-electron chi connectivity index (χ4n) is 3.37. The second-order valence-electron chi connectivity index (χ2n) is 6.32. The minimum Gasteiger partial charge on any atom is -0.396 e. The van der Waals surface area contributed by atoms with Crippen molar-refractivity contribution in [2.24, 2.45) is 0 Å². The van der Waals surface area contributed by atoms with Crippen LogP contribution in [0.2, 0.25) is 5.02 Å². The molecule has 2 aromatic carbocycles. The van der Waals surface area contributed by atoms with E-state index in [1.54, 1.807) is 0 Å². The predicted octanol–water partition coefficient (Wildman–Crippen LogP) is 4.87. The molecule has 2 aromatic rings. The number of aliphatic hydroxyl groups is 1. The summed E-state index contributed by atoms with van der Waals surface area (Å²) in [5.41, 5.74) is 6.67. The number of aryl methyl sites for hydroxylation is 1. The Hall–Kier alpha value is -1.77. The van der Waals surface area contributed by atoms with Crippen LogP contribution in [0.15, 0.2) is 48.5 Å². The Kier molecular flexibility index (Phi) is 5.60. The number of anilines is 1. The van der Waals surface area contributed by atoms with Crippen molar-refractivity contribution in [3.8, 4) is 0 Å². The van der Waals surface area contributed by atoms with E-state index in [0.29, 0.717) is 0 Å². The van der Waals surface area contributed by atoms with E-state index in [1.807, 2.05) is 12.1 Å². The molecule has 1 aliphatic heterocycles. The van der Waals surface area contributed by atoms with E-state index in [-0.39, 0.29) is 6.61 Å². The molecular formula is C21H24ClNO. The summed E-state index contributed by atoms with van der Waals surface area (Å²) in [7, 11) is 0. The van der Waals surface area contributed by atoms with E-state index >= 15 is 0 Å². The predicted molar refractivity (Wildman–Crippen MR) is 103 cm³/mol. The molecule has 0 bridgehead atoms. The van der Waals surface area contributed by atoms with E-state index in [2.05, 4.69) is 48.2 Å². The number of hydrogen-bond donors (Lipinski definition) is 1. The topological polar surface area (TPSA) is 23.5 Å². The van der Waals surface area contributed by atoms with Crippen molar-refractivity contribution in [3.05, 3.63) is 70.3 Å². The maximum absolute atomic E-state index is 9.06. The fourth-order valence-corrected chi connectivity index (χ4v) is 3.49. The van der Waals surface area contributed by atoms with Crippen molar-refractivity contribution in [2.75, 3.05) is 24.6 Å². The zero-order chi connectivity index (χ0) is 16.9. The second kappa shape index (κ2) is 7.87. The number of benzene rings is 2. The summed E-state index contributed by atoms with van der Waals surface area (Å²) in [6.45, 7) is 4.40. The molecule has 24 heavy (non-hydrogen) atoms. The molecule has 0 atom stereocenters. The van der Waals surface area contributed by atoms with Gasteiger partial charge in [0.15, 0.2) is 0 Å². The Bertz CT molecular complexity index is 721. The molecule has 0 spiro atoms. The van der Waals surface area contributed by atoms with E-state index in [4.69, 9.17) is 16.7 Å². The Morgan fingerprint density at radius 1 is 1.12 bits per heavy atom. The molecule has 2 nitrogen and oxygen atoms in total. The molecule has 1 N–H and O–H groups in total. The molecule has 0 amide bonds. The highest BCUT2D eigenvalue weighted by Gasteiger charge is 2.16. The average molecular weight is 342 g/mol. The van der Waals surface area contributed by atoms with Crippen LogP contribution >= 0.6 is 11.6 Å². The molecule has 1 aliphatic rings. The third kappa shape index (κ3) is 3.82. The van der Waals surface area contributed by atoms with Crippen LogP contribution in [-0.2, 0) is 6.42 Å². The number of halogens is 1. The van der Waals surface area contributed by atoms with Crippen molar-refractivity contribution in [1.29, 1.82) is 0 Å². The Labute approximate surface area is 149 Å². The van der Waals surface area contributed by atoms with Gasteiger partial charge in [-0.3, -0.25) is 0 Å². The van der Waals surface area contributed by atoms with Gasteiger partial charge in [-0.1, -0.05) is 41.9 Å². The van der Waals surface area contributed by atoms with Crippen molar-refractivity contribution in [2.45, 2.75) is 26.2 Å². The van der Waals surface area contributed by atoms with Crippen LogP contribution in [0.25, 0.3) is 5.57 Å². The average Bonchev–Trinajstić information content (AvgIpc) is 2.62.